The highest BCUT2D eigenvalue weighted by Gasteiger charge is 2.24. The second kappa shape index (κ2) is 28.7. The molecule has 0 N–H and O–H groups in total. The van der Waals surface area contributed by atoms with Gasteiger partial charge in [-0.3, -0.25) is 0 Å². The van der Waals surface area contributed by atoms with Gasteiger partial charge in [-0.25, -0.2) is 0 Å². The summed E-state index contributed by atoms with van der Waals surface area (Å²) in [7, 11) is 0. The molecule has 2 heteroatoms. The van der Waals surface area contributed by atoms with Crippen molar-refractivity contribution < 1.29 is 21.5 Å². The molecule has 0 aromatic heterocycles. The Balaban J connectivity index is 0. The fraction of sp³-hybridized carbons (Fsp3) is 1.00. The fourth-order valence-corrected chi connectivity index (χ4v) is 5.32. The lowest BCUT2D eigenvalue weighted by Gasteiger charge is -2.39. The lowest BCUT2D eigenvalue weighted by atomic mass is 10.0. The van der Waals surface area contributed by atoms with E-state index in [-0.39, 0.29) is 17.0 Å². The van der Waals surface area contributed by atoms with Crippen LogP contribution in [-0.2, 0) is 0 Å². The topological polar surface area (TPSA) is 0 Å². The number of halogens is 1. The molecule has 0 aliphatic heterocycles. The van der Waals surface area contributed by atoms with Crippen LogP contribution in [0.15, 0.2) is 0 Å². The summed E-state index contributed by atoms with van der Waals surface area (Å²) in [5.74, 6) is 0. The van der Waals surface area contributed by atoms with Crippen molar-refractivity contribution in [2.45, 2.75) is 175 Å². The van der Waals surface area contributed by atoms with E-state index in [0.29, 0.717) is 0 Å². The normalized spacial score (nSPS) is 11.6. The summed E-state index contributed by atoms with van der Waals surface area (Å²) in [6, 6.07) is 0. The third-order valence-corrected chi connectivity index (χ3v) is 7.69. The quantitative estimate of drug-likeness (QED) is 0.0746. The minimum atomic E-state index is 0. The van der Waals surface area contributed by atoms with Crippen molar-refractivity contribution in [1.82, 2.24) is 0 Å². The van der Waals surface area contributed by atoms with Crippen LogP contribution in [0.2, 0.25) is 0 Å². The van der Waals surface area contributed by atoms with E-state index in [4.69, 9.17) is 0 Å². The Morgan fingerprint density at radius 3 is 0.758 bits per heavy atom. The molecule has 0 aliphatic rings. The Kier molecular flexibility index (Phi) is 30.9. The van der Waals surface area contributed by atoms with Crippen molar-refractivity contribution >= 4 is 0 Å². The van der Waals surface area contributed by atoms with Gasteiger partial charge in [0.15, 0.2) is 0 Å². The molecule has 0 unspecified atom stereocenters. The fourth-order valence-electron chi connectivity index (χ4n) is 5.32. The van der Waals surface area contributed by atoms with Crippen LogP contribution in [-0.4, -0.2) is 30.7 Å². The largest absolute Gasteiger partial charge is 1.00 e. The van der Waals surface area contributed by atoms with Crippen LogP contribution in [0, 0.1) is 0 Å². The van der Waals surface area contributed by atoms with E-state index in [0.717, 1.165) is 0 Å². The van der Waals surface area contributed by atoms with Gasteiger partial charge in [-0.2, -0.15) is 0 Å². The van der Waals surface area contributed by atoms with E-state index in [2.05, 4.69) is 27.7 Å². The van der Waals surface area contributed by atoms with Gasteiger partial charge >= 0.3 is 0 Å². The molecule has 0 radical (unpaired) electrons. The zero-order valence-electron chi connectivity index (χ0n) is 23.9. The minimum absolute atomic E-state index is 0. The molecule has 0 aliphatic carbocycles. The van der Waals surface area contributed by atoms with Gasteiger partial charge in [-0.05, 0) is 32.1 Å². The lowest BCUT2D eigenvalue weighted by molar-refractivity contribution is -0.929. The highest BCUT2D eigenvalue weighted by Crippen LogP contribution is 2.18. The van der Waals surface area contributed by atoms with E-state index < -0.39 is 0 Å². The van der Waals surface area contributed by atoms with Gasteiger partial charge in [0, 0.05) is 0 Å². The molecular weight excluding hydrogens is 466 g/mol. The zero-order valence-corrected chi connectivity index (χ0v) is 25.5. The van der Waals surface area contributed by atoms with E-state index >= 15 is 0 Å². The monoisotopic (exact) mass is 531 g/mol. The molecule has 33 heavy (non-hydrogen) atoms. The molecule has 0 aromatic carbocycles. The first kappa shape index (κ1) is 35.6. The van der Waals surface area contributed by atoms with Crippen LogP contribution in [0.1, 0.15) is 175 Å². The van der Waals surface area contributed by atoms with Crippen molar-refractivity contribution in [3.8, 4) is 0 Å². The molecule has 0 aromatic rings. The summed E-state index contributed by atoms with van der Waals surface area (Å²) in [5.41, 5.74) is 0. The number of quaternary nitrogens is 1. The molecule has 1 nitrogen and oxygen atoms in total. The molecule has 0 saturated carbocycles. The van der Waals surface area contributed by atoms with Gasteiger partial charge in [-0.15, -0.1) is 0 Å². The first-order valence-corrected chi connectivity index (χ1v) is 15.6. The number of unbranched alkanes of at least 4 members (excludes halogenated alkanes) is 19. The smallest absolute Gasteiger partial charge is 0.0786 e. The summed E-state index contributed by atoms with van der Waals surface area (Å²) in [6.45, 7) is 15.2. The van der Waals surface area contributed by atoms with Crippen molar-refractivity contribution in [2.75, 3.05) is 26.2 Å². The van der Waals surface area contributed by atoms with Crippen LogP contribution in [0.4, 0.5) is 0 Å². The Bertz CT molecular complexity index is 322. The average Bonchev–Trinajstić information content (AvgIpc) is 2.81. The zero-order chi connectivity index (χ0) is 23.6. The maximum atomic E-state index is 2.37. The molecule has 0 fully saturated rings. The Morgan fingerprint density at radius 1 is 0.273 bits per heavy atom. The molecule has 0 heterocycles. The Labute approximate surface area is 222 Å². The predicted molar refractivity (Wildman–Crippen MR) is 149 cm³/mol. The lowest BCUT2D eigenvalue weighted by Crippen LogP contribution is -3.00. The van der Waals surface area contributed by atoms with E-state index in [1.807, 2.05) is 0 Å². The van der Waals surface area contributed by atoms with Crippen molar-refractivity contribution in [1.29, 1.82) is 0 Å². The summed E-state index contributed by atoms with van der Waals surface area (Å²) in [4.78, 5) is 0. The molecular formula is C31H66BrN. The second-order valence-corrected chi connectivity index (χ2v) is 11.0. The summed E-state index contributed by atoms with van der Waals surface area (Å²) in [5, 5.41) is 0. The third kappa shape index (κ3) is 23.9. The van der Waals surface area contributed by atoms with Crippen molar-refractivity contribution in [3.63, 3.8) is 0 Å². The first-order chi connectivity index (χ1) is 15.7. The molecule has 0 rings (SSSR count). The van der Waals surface area contributed by atoms with E-state index in [1.54, 1.807) is 0 Å². The van der Waals surface area contributed by atoms with Crippen LogP contribution < -0.4 is 17.0 Å². The Hall–Kier alpha value is 0.440. The van der Waals surface area contributed by atoms with Crippen molar-refractivity contribution in [3.05, 3.63) is 0 Å². The molecule has 202 valence electrons. The van der Waals surface area contributed by atoms with Gasteiger partial charge in [0.05, 0.1) is 26.2 Å². The number of hydrogen-bond donors (Lipinski definition) is 0. The highest BCUT2D eigenvalue weighted by molar-refractivity contribution is 4.53. The second-order valence-electron chi connectivity index (χ2n) is 11.0. The van der Waals surface area contributed by atoms with Gasteiger partial charge in [0.25, 0.3) is 0 Å². The summed E-state index contributed by atoms with van der Waals surface area (Å²) >= 11 is 0. The first-order valence-electron chi connectivity index (χ1n) is 15.6. The predicted octanol–water partition coefficient (Wildman–Crippen LogP) is 7.86. The van der Waals surface area contributed by atoms with Crippen LogP contribution in [0.3, 0.4) is 0 Å². The van der Waals surface area contributed by atoms with Crippen LogP contribution in [0.5, 0.6) is 0 Å². The SMILES string of the molecule is CCCCCCCCCCCCCCCCCCC[N+](CCCC)(CCCC)CCCC.[Br-]. The van der Waals surface area contributed by atoms with Gasteiger partial charge in [0.2, 0.25) is 0 Å². The summed E-state index contributed by atoms with van der Waals surface area (Å²) < 4.78 is 1.44. The molecule has 0 saturated heterocycles. The van der Waals surface area contributed by atoms with Crippen LogP contribution in [0.25, 0.3) is 0 Å². The molecule has 0 amide bonds. The maximum Gasteiger partial charge on any atom is 0.0786 e. The minimum Gasteiger partial charge on any atom is -1.00 e. The van der Waals surface area contributed by atoms with Gasteiger partial charge < -0.3 is 21.5 Å². The van der Waals surface area contributed by atoms with Gasteiger partial charge in [0.1, 0.15) is 0 Å². The highest BCUT2D eigenvalue weighted by atomic mass is 79.9. The number of rotatable bonds is 27. The number of nitrogens with zero attached hydrogens (tertiary/aromatic N) is 1. The van der Waals surface area contributed by atoms with Crippen molar-refractivity contribution in [2.24, 2.45) is 0 Å². The van der Waals surface area contributed by atoms with E-state index in [9.17, 15) is 0 Å². The molecule has 0 atom stereocenters. The maximum absolute atomic E-state index is 2.37. The van der Waals surface area contributed by atoms with Gasteiger partial charge in [-0.1, -0.05) is 143 Å². The summed E-state index contributed by atoms with van der Waals surface area (Å²) in [6.07, 6.45) is 33.4. The average molecular weight is 533 g/mol. The third-order valence-electron chi connectivity index (χ3n) is 7.69. The molecule has 0 bridgehead atoms. The van der Waals surface area contributed by atoms with E-state index in [1.165, 1.54) is 178 Å². The Morgan fingerprint density at radius 2 is 0.485 bits per heavy atom. The number of hydrogen-bond acceptors (Lipinski definition) is 0. The van der Waals surface area contributed by atoms with Crippen LogP contribution >= 0.6 is 0 Å². The molecule has 0 spiro atoms. The standard InChI is InChI=1S/C31H66N.BrH/c1-5-9-13-14-15-16-17-18-19-20-21-22-23-24-25-26-27-31-32(28-10-6-2,29-11-7-3)30-12-8-4;/h5-31H2,1-4H3;1H/q+1;/p-1.